The summed E-state index contributed by atoms with van der Waals surface area (Å²) in [7, 11) is 0. The van der Waals surface area contributed by atoms with Crippen molar-refractivity contribution < 1.29 is 8.76 Å². The zero-order valence-corrected chi connectivity index (χ0v) is 13.4. The van der Waals surface area contributed by atoms with Crippen LogP contribution in [0.5, 0.6) is 0 Å². The number of H-pyrrole nitrogens is 1. The lowest BCUT2D eigenvalue weighted by Crippen LogP contribution is -2.19. The predicted octanol–water partition coefficient (Wildman–Crippen LogP) is 1.35. The summed E-state index contributed by atoms with van der Waals surface area (Å²) in [6.07, 6.45) is 1.25. The SMILES string of the molecule is CC(C)Cn1c(=O)[nH]c2c(N)nc(S(=O)O)nc21.CCC. The molecule has 0 bridgehead atoms. The standard InChI is InChI=1S/C9H13N5O3S.C3H8/c1-4(2)3-14-7-5(11-9(14)15)6(10)12-8(13-7)18(16)17;1-3-2/h4H,3H2,1-2H3,(H,11,15)(H,16,17)(H2,10,12,13);3H2,1-2H3. The average molecular weight is 315 g/mol. The average Bonchev–Trinajstić information content (AvgIpc) is 2.68. The number of nitrogens with zero attached hydrogens (tertiary/aromatic N) is 3. The van der Waals surface area contributed by atoms with Gasteiger partial charge in [-0.15, -0.1) is 0 Å². The maximum Gasteiger partial charge on any atom is 0.327 e. The van der Waals surface area contributed by atoms with Gasteiger partial charge in [0.05, 0.1) is 0 Å². The molecule has 4 N–H and O–H groups in total. The molecule has 0 aliphatic rings. The van der Waals surface area contributed by atoms with Gasteiger partial charge in [-0.05, 0) is 5.92 Å². The topological polar surface area (TPSA) is 127 Å². The number of hydrogen-bond donors (Lipinski definition) is 3. The maximum absolute atomic E-state index is 11.8. The molecule has 0 aromatic carbocycles. The normalized spacial score (nSPS) is 12.3. The second-order valence-corrected chi connectivity index (χ2v) is 5.84. The summed E-state index contributed by atoms with van der Waals surface area (Å²) >= 11 is -2.34. The molecule has 0 fully saturated rings. The minimum absolute atomic E-state index is 0.0167. The van der Waals surface area contributed by atoms with E-state index < -0.39 is 11.1 Å². The Bertz CT molecular complexity index is 692. The number of rotatable bonds is 3. The van der Waals surface area contributed by atoms with Crippen molar-refractivity contribution in [2.24, 2.45) is 5.92 Å². The molecular weight excluding hydrogens is 294 g/mol. The van der Waals surface area contributed by atoms with E-state index >= 15 is 0 Å². The zero-order chi connectivity index (χ0) is 16.2. The van der Waals surface area contributed by atoms with Crippen molar-refractivity contribution in [1.82, 2.24) is 19.5 Å². The van der Waals surface area contributed by atoms with Crippen LogP contribution in [0.25, 0.3) is 11.2 Å². The molecule has 0 aliphatic carbocycles. The summed E-state index contributed by atoms with van der Waals surface area (Å²) in [4.78, 5) is 21.9. The second-order valence-electron chi connectivity index (χ2n) is 4.98. The Hall–Kier alpha value is -1.74. The van der Waals surface area contributed by atoms with E-state index in [1.165, 1.54) is 11.0 Å². The molecule has 8 nitrogen and oxygen atoms in total. The molecular formula is C12H21N5O3S. The van der Waals surface area contributed by atoms with E-state index in [9.17, 15) is 9.00 Å². The smallest absolute Gasteiger partial charge is 0.327 e. The van der Waals surface area contributed by atoms with E-state index in [0.29, 0.717) is 6.54 Å². The Kier molecular flexibility index (Phi) is 6.03. The lowest BCUT2D eigenvalue weighted by atomic mass is 10.2. The van der Waals surface area contributed by atoms with Crippen LogP contribution in [0.4, 0.5) is 5.82 Å². The van der Waals surface area contributed by atoms with Crippen LogP contribution in [-0.4, -0.2) is 28.3 Å². The van der Waals surface area contributed by atoms with E-state index in [1.807, 2.05) is 13.8 Å². The summed E-state index contributed by atoms with van der Waals surface area (Å²) in [5, 5.41) is -0.309. The molecule has 21 heavy (non-hydrogen) atoms. The number of nitrogen functional groups attached to an aromatic ring is 1. The summed E-state index contributed by atoms with van der Waals surface area (Å²) < 4.78 is 21.3. The van der Waals surface area contributed by atoms with E-state index in [1.54, 1.807) is 0 Å². The quantitative estimate of drug-likeness (QED) is 0.579. The van der Waals surface area contributed by atoms with Crippen LogP contribution in [0.1, 0.15) is 34.1 Å². The van der Waals surface area contributed by atoms with Gasteiger partial charge in [-0.25, -0.2) is 9.00 Å². The van der Waals surface area contributed by atoms with Crippen LogP contribution < -0.4 is 11.4 Å². The molecule has 2 heterocycles. The lowest BCUT2D eigenvalue weighted by molar-refractivity contribution is 0.518. The van der Waals surface area contributed by atoms with Crippen molar-refractivity contribution >= 4 is 28.1 Å². The van der Waals surface area contributed by atoms with Gasteiger partial charge < -0.3 is 10.7 Å². The molecule has 0 aliphatic heterocycles. The van der Waals surface area contributed by atoms with Crippen molar-refractivity contribution in [2.45, 2.75) is 45.8 Å². The van der Waals surface area contributed by atoms with Crippen molar-refractivity contribution in [1.29, 1.82) is 0 Å². The second kappa shape index (κ2) is 7.32. The highest BCUT2D eigenvalue weighted by Crippen LogP contribution is 2.16. The van der Waals surface area contributed by atoms with Gasteiger partial charge in [0.2, 0.25) is 11.1 Å². The fraction of sp³-hybridized carbons (Fsp3) is 0.583. The van der Waals surface area contributed by atoms with Gasteiger partial charge >= 0.3 is 5.69 Å². The van der Waals surface area contributed by atoms with Crippen molar-refractivity contribution in [3.05, 3.63) is 10.5 Å². The number of fused-ring (bicyclic) bond motifs is 1. The molecule has 2 aromatic heterocycles. The highest BCUT2D eigenvalue weighted by Gasteiger charge is 2.16. The van der Waals surface area contributed by atoms with Gasteiger partial charge in [0, 0.05) is 6.54 Å². The van der Waals surface area contributed by atoms with Gasteiger partial charge in [0.25, 0.3) is 5.16 Å². The molecule has 0 radical (unpaired) electrons. The van der Waals surface area contributed by atoms with Crippen LogP contribution in [0.3, 0.4) is 0 Å². The first kappa shape index (κ1) is 17.3. The minimum atomic E-state index is -2.34. The third kappa shape index (κ3) is 4.11. The van der Waals surface area contributed by atoms with Crippen LogP contribution in [0, 0.1) is 5.92 Å². The summed E-state index contributed by atoms with van der Waals surface area (Å²) in [6, 6.07) is 0. The Morgan fingerprint density at radius 3 is 2.43 bits per heavy atom. The van der Waals surface area contributed by atoms with Crippen molar-refractivity contribution in [2.75, 3.05) is 5.73 Å². The molecule has 9 heteroatoms. The molecule has 0 spiro atoms. The highest BCUT2D eigenvalue weighted by atomic mass is 32.2. The van der Waals surface area contributed by atoms with Crippen molar-refractivity contribution in [3.8, 4) is 0 Å². The van der Waals surface area contributed by atoms with Crippen molar-refractivity contribution in [3.63, 3.8) is 0 Å². The van der Waals surface area contributed by atoms with Crippen LogP contribution in [-0.2, 0) is 17.6 Å². The summed E-state index contributed by atoms with van der Waals surface area (Å²) in [6.45, 7) is 8.58. The number of imidazole rings is 1. The maximum atomic E-state index is 11.8. The number of anilines is 1. The van der Waals surface area contributed by atoms with Gasteiger partial charge in [0.15, 0.2) is 11.5 Å². The molecule has 2 aromatic rings. The third-order valence-electron chi connectivity index (χ3n) is 2.33. The fourth-order valence-electron chi connectivity index (χ4n) is 1.64. The summed E-state index contributed by atoms with van der Waals surface area (Å²) in [5.41, 5.74) is 5.80. The highest BCUT2D eigenvalue weighted by molar-refractivity contribution is 7.79. The summed E-state index contributed by atoms with van der Waals surface area (Å²) in [5.74, 6) is 0.206. The third-order valence-corrected chi connectivity index (χ3v) is 2.83. The first-order valence-electron chi connectivity index (χ1n) is 6.68. The molecule has 0 amide bonds. The first-order valence-corrected chi connectivity index (χ1v) is 7.79. The van der Waals surface area contributed by atoms with E-state index in [4.69, 9.17) is 10.3 Å². The number of aromatic nitrogens is 4. The predicted molar refractivity (Wildman–Crippen MR) is 82.4 cm³/mol. The number of aromatic amines is 1. The molecule has 0 saturated carbocycles. The zero-order valence-electron chi connectivity index (χ0n) is 12.6. The minimum Gasteiger partial charge on any atom is -0.382 e. The van der Waals surface area contributed by atoms with E-state index in [0.717, 1.165) is 0 Å². The van der Waals surface area contributed by atoms with E-state index in [2.05, 4.69) is 28.8 Å². The molecule has 2 rings (SSSR count). The van der Waals surface area contributed by atoms with Gasteiger partial charge in [-0.1, -0.05) is 34.1 Å². The van der Waals surface area contributed by atoms with Gasteiger partial charge in [-0.2, -0.15) is 9.97 Å². The van der Waals surface area contributed by atoms with Gasteiger partial charge in [0.1, 0.15) is 5.52 Å². The molecule has 0 saturated heterocycles. The Morgan fingerprint density at radius 2 is 1.95 bits per heavy atom. The monoisotopic (exact) mass is 315 g/mol. The Morgan fingerprint density at radius 1 is 1.38 bits per heavy atom. The molecule has 1 atom stereocenters. The molecule has 1 unspecified atom stereocenters. The Labute approximate surface area is 125 Å². The van der Waals surface area contributed by atoms with Crippen LogP contribution in [0.2, 0.25) is 0 Å². The Balaban J connectivity index is 0.000000677. The van der Waals surface area contributed by atoms with E-state index in [-0.39, 0.29) is 33.7 Å². The van der Waals surface area contributed by atoms with Crippen LogP contribution in [0.15, 0.2) is 9.95 Å². The number of nitrogens with one attached hydrogen (secondary N) is 1. The fourth-order valence-corrected chi connectivity index (χ4v) is 1.98. The largest absolute Gasteiger partial charge is 0.382 e. The number of nitrogens with two attached hydrogens (primary N) is 1. The van der Waals surface area contributed by atoms with Crippen LogP contribution >= 0.6 is 0 Å². The lowest BCUT2D eigenvalue weighted by Gasteiger charge is -2.06. The molecule has 118 valence electrons. The number of hydrogen-bond acceptors (Lipinski definition) is 5. The van der Waals surface area contributed by atoms with Gasteiger partial charge in [-0.3, -0.25) is 9.12 Å². The first-order chi connectivity index (χ1) is 9.81.